The van der Waals surface area contributed by atoms with Gasteiger partial charge >= 0.3 is 6.61 Å². The minimum absolute atomic E-state index is 0.0906. The van der Waals surface area contributed by atoms with Crippen molar-refractivity contribution in [2.75, 3.05) is 25.5 Å². The third-order valence-electron chi connectivity index (χ3n) is 6.76. The van der Waals surface area contributed by atoms with E-state index in [1.54, 1.807) is 26.4 Å². The van der Waals surface area contributed by atoms with Gasteiger partial charge in [0, 0.05) is 44.3 Å². The number of likely N-dealkylation sites (N-methyl/N-ethyl adjacent to an activating group) is 1. The molecule has 14 heteroatoms. The van der Waals surface area contributed by atoms with E-state index in [4.69, 9.17) is 9.47 Å². The summed E-state index contributed by atoms with van der Waals surface area (Å²) in [6, 6.07) is 9.76. The molecule has 3 aromatic heterocycles. The maximum atomic E-state index is 14.6. The summed E-state index contributed by atoms with van der Waals surface area (Å²) in [5.74, 6) is -0.917. The quantitative estimate of drug-likeness (QED) is 0.283. The first-order valence-electron chi connectivity index (χ1n) is 12.7. The number of carbonyl (C=O) groups excluding carboxylic acids is 1. The maximum absolute atomic E-state index is 14.6. The van der Waals surface area contributed by atoms with Gasteiger partial charge in [0.25, 0.3) is 5.91 Å². The third-order valence-corrected chi connectivity index (χ3v) is 6.76. The van der Waals surface area contributed by atoms with Crippen LogP contribution in [0.3, 0.4) is 0 Å². The van der Waals surface area contributed by atoms with Gasteiger partial charge in [-0.15, -0.1) is 0 Å². The van der Waals surface area contributed by atoms with Crippen LogP contribution in [0.5, 0.6) is 17.2 Å². The van der Waals surface area contributed by atoms with Crippen LogP contribution in [0, 0.1) is 5.82 Å². The molecule has 0 atom stereocenters. The van der Waals surface area contributed by atoms with Gasteiger partial charge in [-0.2, -0.15) is 19.0 Å². The molecule has 6 rings (SSSR count). The summed E-state index contributed by atoms with van der Waals surface area (Å²) in [5.41, 5.74) is -0.309. The molecule has 0 saturated carbocycles. The van der Waals surface area contributed by atoms with Crippen molar-refractivity contribution < 1.29 is 32.5 Å². The molecule has 5 aromatic rings. The zero-order valence-corrected chi connectivity index (χ0v) is 22.3. The number of aryl methyl sites for hydroxylation is 1. The average molecular weight is 580 g/mol. The van der Waals surface area contributed by atoms with Crippen molar-refractivity contribution >= 4 is 17.2 Å². The molecule has 0 spiro atoms. The SMILES string of the molecule is CN1CC(O)(c2cc(Oc3ccc(OC(F)F)c(-c4nn(C)cc4NC(=O)c4cnn5cccnc45)c3)ccc2F)C1. The summed E-state index contributed by atoms with van der Waals surface area (Å²) in [4.78, 5) is 19.2. The number of β-amino-alcohol motifs (C(OH)–C–C–N with tert-alkyl or cyclic N) is 1. The predicted octanol–water partition coefficient (Wildman–Crippen LogP) is 4.05. The first-order valence-corrected chi connectivity index (χ1v) is 12.7. The lowest BCUT2D eigenvalue weighted by molar-refractivity contribution is -0.0941. The van der Waals surface area contributed by atoms with Crippen LogP contribution in [0.4, 0.5) is 18.9 Å². The molecule has 2 aromatic carbocycles. The van der Waals surface area contributed by atoms with E-state index in [1.807, 2.05) is 4.90 Å². The van der Waals surface area contributed by atoms with E-state index in [9.17, 15) is 23.1 Å². The topological polar surface area (TPSA) is 119 Å². The van der Waals surface area contributed by atoms with Crippen LogP contribution in [0.25, 0.3) is 16.9 Å². The Morgan fingerprint density at radius 3 is 2.67 bits per heavy atom. The van der Waals surface area contributed by atoms with Crippen LogP contribution < -0.4 is 14.8 Å². The number of halogens is 3. The zero-order chi connectivity index (χ0) is 29.6. The minimum Gasteiger partial charge on any atom is -0.457 e. The van der Waals surface area contributed by atoms with Crippen LogP contribution in [0.2, 0.25) is 0 Å². The Bertz CT molecular complexity index is 1800. The van der Waals surface area contributed by atoms with Crippen molar-refractivity contribution in [2.24, 2.45) is 7.05 Å². The second kappa shape index (κ2) is 10.5. The van der Waals surface area contributed by atoms with Gasteiger partial charge in [-0.05, 0) is 49.5 Å². The third kappa shape index (κ3) is 5.12. The molecule has 42 heavy (non-hydrogen) atoms. The van der Waals surface area contributed by atoms with Crippen LogP contribution >= 0.6 is 0 Å². The molecule has 0 aliphatic carbocycles. The number of anilines is 1. The average Bonchev–Trinajstić information content (AvgIpc) is 3.52. The van der Waals surface area contributed by atoms with Gasteiger partial charge in [-0.3, -0.25) is 14.4 Å². The fraction of sp³-hybridized carbons (Fsp3) is 0.214. The van der Waals surface area contributed by atoms with Crippen molar-refractivity contribution in [3.8, 4) is 28.5 Å². The number of benzene rings is 2. The van der Waals surface area contributed by atoms with Gasteiger partial charge in [-0.1, -0.05) is 0 Å². The monoisotopic (exact) mass is 579 g/mol. The summed E-state index contributed by atoms with van der Waals surface area (Å²) >= 11 is 0. The number of likely N-dealkylation sites (tertiary alicyclic amines) is 1. The molecule has 1 amide bonds. The van der Waals surface area contributed by atoms with Gasteiger partial charge in [-0.25, -0.2) is 13.9 Å². The van der Waals surface area contributed by atoms with E-state index in [0.29, 0.717) is 5.65 Å². The van der Waals surface area contributed by atoms with Crippen molar-refractivity contribution in [1.29, 1.82) is 0 Å². The second-order valence-electron chi connectivity index (χ2n) is 9.95. The Morgan fingerprint density at radius 1 is 1.14 bits per heavy atom. The lowest BCUT2D eigenvalue weighted by Gasteiger charge is -2.44. The number of nitrogens with one attached hydrogen (secondary N) is 1. The highest BCUT2D eigenvalue weighted by Gasteiger charge is 2.42. The Labute approximate surface area is 236 Å². The maximum Gasteiger partial charge on any atom is 0.387 e. The number of ether oxygens (including phenoxy) is 2. The van der Waals surface area contributed by atoms with E-state index in [0.717, 1.165) is 0 Å². The molecule has 0 bridgehead atoms. The predicted molar refractivity (Wildman–Crippen MR) is 144 cm³/mol. The number of hydrogen-bond donors (Lipinski definition) is 2. The molecule has 4 heterocycles. The summed E-state index contributed by atoms with van der Waals surface area (Å²) in [6.45, 7) is -2.61. The molecular formula is C28H24F3N7O4. The Kier molecular flexibility index (Phi) is 6.79. The zero-order valence-electron chi connectivity index (χ0n) is 22.3. The molecule has 0 unspecified atom stereocenters. The van der Waals surface area contributed by atoms with E-state index in [-0.39, 0.29) is 58.4 Å². The van der Waals surface area contributed by atoms with Crippen LogP contribution in [0.1, 0.15) is 15.9 Å². The molecular weight excluding hydrogens is 555 g/mol. The van der Waals surface area contributed by atoms with Gasteiger partial charge in [0.15, 0.2) is 5.65 Å². The van der Waals surface area contributed by atoms with Gasteiger partial charge < -0.3 is 19.9 Å². The lowest BCUT2D eigenvalue weighted by atomic mass is 9.86. The normalized spacial score (nSPS) is 14.6. The summed E-state index contributed by atoms with van der Waals surface area (Å²) in [5, 5.41) is 22.0. The molecule has 0 radical (unpaired) electrons. The molecule has 1 fully saturated rings. The van der Waals surface area contributed by atoms with E-state index < -0.39 is 23.9 Å². The number of amides is 1. The Morgan fingerprint density at radius 2 is 1.90 bits per heavy atom. The standard InChI is InChI=1S/C28H24F3N7O4/c1-36-14-28(40,15-36)20-11-17(4-6-21(20)29)41-16-5-7-23(42-27(30)31)18(10-16)24-22(13-37(2)35-24)34-26(39)19-12-33-38-9-3-8-32-25(19)38/h3-13,27,40H,14-15H2,1-2H3,(H,34,39). The highest BCUT2D eigenvalue weighted by Crippen LogP contribution is 2.40. The van der Waals surface area contributed by atoms with Crippen molar-refractivity contribution in [1.82, 2.24) is 29.3 Å². The summed E-state index contributed by atoms with van der Waals surface area (Å²) in [6.07, 6.45) is 6.04. The van der Waals surface area contributed by atoms with Crippen LogP contribution in [0.15, 0.2) is 67.3 Å². The number of hydrogen-bond acceptors (Lipinski definition) is 8. The number of aliphatic hydroxyl groups is 1. The fourth-order valence-electron chi connectivity index (χ4n) is 4.99. The molecule has 1 aliphatic heterocycles. The number of nitrogens with zero attached hydrogens (tertiary/aromatic N) is 6. The molecule has 2 N–H and O–H groups in total. The molecule has 11 nitrogen and oxygen atoms in total. The van der Waals surface area contributed by atoms with Gasteiger partial charge in [0.05, 0.1) is 17.4 Å². The number of alkyl halides is 2. The Hall–Kier alpha value is -4.95. The second-order valence-corrected chi connectivity index (χ2v) is 9.95. The highest BCUT2D eigenvalue weighted by molar-refractivity contribution is 6.09. The smallest absolute Gasteiger partial charge is 0.387 e. The largest absolute Gasteiger partial charge is 0.457 e. The summed E-state index contributed by atoms with van der Waals surface area (Å²) < 4.78 is 54.8. The highest BCUT2D eigenvalue weighted by atomic mass is 19.3. The van der Waals surface area contributed by atoms with Crippen molar-refractivity contribution in [3.05, 3.63) is 84.2 Å². The van der Waals surface area contributed by atoms with Crippen molar-refractivity contribution in [2.45, 2.75) is 12.2 Å². The summed E-state index contributed by atoms with van der Waals surface area (Å²) in [7, 11) is 3.41. The number of fused-ring (bicyclic) bond motifs is 1. The van der Waals surface area contributed by atoms with Crippen LogP contribution in [-0.2, 0) is 12.6 Å². The van der Waals surface area contributed by atoms with Crippen molar-refractivity contribution in [3.63, 3.8) is 0 Å². The number of aromatic nitrogens is 5. The Balaban J connectivity index is 1.34. The molecule has 216 valence electrons. The van der Waals surface area contributed by atoms with Gasteiger partial charge in [0.1, 0.15) is 39.9 Å². The minimum atomic E-state index is -3.14. The number of carbonyl (C=O) groups is 1. The van der Waals surface area contributed by atoms with Gasteiger partial charge in [0.2, 0.25) is 0 Å². The first-order chi connectivity index (χ1) is 20.1. The number of rotatable bonds is 8. The van der Waals surface area contributed by atoms with E-state index >= 15 is 0 Å². The fourth-order valence-corrected chi connectivity index (χ4v) is 4.99. The van der Waals surface area contributed by atoms with E-state index in [1.165, 1.54) is 64.2 Å². The van der Waals surface area contributed by atoms with E-state index in [2.05, 4.69) is 20.5 Å². The molecule has 1 saturated heterocycles. The van der Waals surface area contributed by atoms with Crippen LogP contribution in [-0.4, -0.2) is 67.0 Å². The molecule has 1 aliphatic rings. The lowest BCUT2D eigenvalue weighted by Crippen LogP contribution is -2.57. The first kappa shape index (κ1) is 27.2.